The molecule has 1 fully saturated rings. The zero-order valence-electron chi connectivity index (χ0n) is 8.24. The Morgan fingerprint density at radius 2 is 2.00 bits per heavy atom. The highest BCUT2D eigenvalue weighted by molar-refractivity contribution is 8.50. The summed E-state index contributed by atoms with van der Waals surface area (Å²) in [5, 5.41) is 12.8. The Hall–Kier alpha value is -0.160. The van der Waals surface area contributed by atoms with Gasteiger partial charge in [-0.05, 0) is 39.5 Å². The molecule has 0 aromatic carbocycles. The minimum Gasteiger partial charge on any atom is -0.410 e. The predicted octanol–water partition coefficient (Wildman–Crippen LogP) is 2.80. The van der Waals surface area contributed by atoms with Crippen molar-refractivity contribution in [3.8, 4) is 0 Å². The van der Waals surface area contributed by atoms with Crippen LogP contribution in [0.3, 0.4) is 0 Å². The lowest BCUT2D eigenvalue weighted by Gasteiger charge is -2.12. The van der Waals surface area contributed by atoms with Gasteiger partial charge < -0.3 is 5.21 Å². The van der Waals surface area contributed by atoms with Gasteiger partial charge in [0.2, 0.25) is 0 Å². The molecule has 0 atom stereocenters. The standard InChI is InChI=1S/C8H14N2OS2/c1-5(2)9-7-12-6(10-11)8(3,4)13-7/h5,11H,1-4H3/b9-7-,10-6-. The zero-order chi connectivity index (χ0) is 10.1. The van der Waals surface area contributed by atoms with E-state index < -0.39 is 0 Å². The molecule has 3 nitrogen and oxygen atoms in total. The molecule has 74 valence electrons. The minimum atomic E-state index is -0.132. The van der Waals surface area contributed by atoms with Crippen LogP contribution < -0.4 is 0 Å². The van der Waals surface area contributed by atoms with Gasteiger partial charge in [0.05, 0.1) is 4.75 Å². The van der Waals surface area contributed by atoms with Gasteiger partial charge in [-0.25, -0.2) is 0 Å². The number of thioether (sulfide) groups is 2. The van der Waals surface area contributed by atoms with Gasteiger partial charge in [0.25, 0.3) is 0 Å². The molecule has 0 aliphatic carbocycles. The molecule has 0 unspecified atom stereocenters. The van der Waals surface area contributed by atoms with Crippen molar-refractivity contribution >= 4 is 32.9 Å². The molecule has 1 heterocycles. The largest absolute Gasteiger partial charge is 0.410 e. The Morgan fingerprint density at radius 3 is 2.38 bits per heavy atom. The summed E-state index contributed by atoms with van der Waals surface area (Å²) in [5.74, 6) is 0. The molecule has 1 saturated heterocycles. The van der Waals surface area contributed by atoms with E-state index in [0.717, 1.165) is 9.42 Å². The average molecular weight is 218 g/mol. The second-order valence-electron chi connectivity index (χ2n) is 3.61. The van der Waals surface area contributed by atoms with Crippen LogP contribution in [0.2, 0.25) is 0 Å². The fourth-order valence-electron chi connectivity index (χ4n) is 0.893. The van der Waals surface area contributed by atoms with E-state index in [1.807, 2.05) is 27.7 Å². The number of oxime groups is 1. The van der Waals surface area contributed by atoms with Gasteiger partial charge in [-0.2, -0.15) is 0 Å². The first-order valence-corrected chi connectivity index (χ1v) is 5.76. The van der Waals surface area contributed by atoms with Crippen LogP contribution in [-0.2, 0) is 0 Å². The van der Waals surface area contributed by atoms with Crippen LogP contribution in [0.1, 0.15) is 27.7 Å². The number of hydrogen-bond acceptors (Lipinski definition) is 5. The molecule has 5 heteroatoms. The molecule has 1 aliphatic rings. The lowest BCUT2D eigenvalue weighted by Crippen LogP contribution is -2.19. The molecule has 13 heavy (non-hydrogen) atoms. The summed E-state index contributed by atoms with van der Waals surface area (Å²) in [7, 11) is 0. The van der Waals surface area contributed by atoms with Gasteiger partial charge in [0.1, 0.15) is 9.42 Å². The molecule has 0 bridgehead atoms. The number of hydrogen-bond donors (Lipinski definition) is 1. The fraction of sp³-hybridized carbons (Fsp3) is 0.750. The van der Waals surface area contributed by atoms with Gasteiger partial charge >= 0.3 is 0 Å². The summed E-state index contributed by atoms with van der Waals surface area (Å²) < 4.78 is 0.862. The maximum Gasteiger partial charge on any atom is 0.135 e. The first kappa shape index (κ1) is 10.9. The van der Waals surface area contributed by atoms with Crippen LogP contribution in [-0.4, -0.2) is 25.4 Å². The summed E-state index contributed by atoms with van der Waals surface area (Å²) in [6, 6.07) is 0.295. The van der Waals surface area contributed by atoms with Crippen molar-refractivity contribution in [3.05, 3.63) is 0 Å². The van der Waals surface area contributed by atoms with Crippen LogP contribution in [0.5, 0.6) is 0 Å². The van der Waals surface area contributed by atoms with Crippen LogP contribution in [0.15, 0.2) is 10.1 Å². The topological polar surface area (TPSA) is 45.0 Å². The van der Waals surface area contributed by atoms with E-state index in [1.165, 1.54) is 11.8 Å². The molecule has 0 saturated carbocycles. The van der Waals surface area contributed by atoms with Gasteiger partial charge in [0, 0.05) is 6.04 Å². The molecule has 1 rings (SSSR count). The second kappa shape index (κ2) is 3.92. The third kappa shape index (κ3) is 2.64. The smallest absolute Gasteiger partial charge is 0.135 e. The summed E-state index contributed by atoms with van der Waals surface area (Å²) in [4.78, 5) is 4.42. The Balaban J connectivity index is 2.82. The number of nitrogens with zero attached hydrogens (tertiary/aromatic N) is 2. The monoisotopic (exact) mass is 218 g/mol. The first-order valence-electron chi connectivity index (χ1n) is 4.13. The maximum absolute atomic E-state index is 8.75. The zero-order valence-corrected chi connectivity index (χ0v) is 9.87. The highest BCUT2D eigenvalue weighted by atomic mass is 32.2. The van der Waals surface area contributed by atoms with Crippen molar-refractivity contribution < 1.29 is 5.21 Å². The predicted molar refractivity (Wildman–Crippen MR) is 61.1 cm³/mol. The van der Waals surface area contributed by atoms with E-state index in [4.69, 9.17) is 5.21 Å². The first-order chi connectivity index (χ1) is 5.95. The van der Waals surface area contributed by atoms with Crippen molar-refractivity contribution in [2.24, 2.45) is 10.1 Å². The molecular formula is C8H14N2OS2. The van der Waals surface area contributed by atoms with E-state index >= 15 is 0 Å². The summed E-state index contributed by atoms with van der Waals surface area (Å²) in [6.07, 6.45) is 0. The summed E-state index contributed by atoms with van der Waals surface area (Å²) >= 11 is 3.11. The molecular weight excluding hydrogens is 204 g/mol. The Kier molecular flexibility index (Phi) is 3.29. The van der Waals surface area contributed by atoms with E-state index in [2.05, 4.69) is 10.1 Å². The van der Waals surface area contributed by atoms with Crippen LogP contribution >= 0.6 is 23.5 Å². The fourth-order valence-corrected chi connectivity index (χ4v) is 3.71. The van der Waals surface area contributed by atoms with Gasteiger partial charge in [-0.3, -0.25) is 4.99 Å². The van der Waals surface area contributed by atoms with E-state index in [-0.39, 0.29) is 4.75 Å². The van der Waals surface area contributed by atoms with Crippen LogP contribution in [0.25, 0.3) is 0 Å². The molecule has 0 radical (unpaired) electrons. The van der Waals surface area contributed by atoms with Gasteiger partial charge in [-0.1, -0.05) is 16.9 Å². The maximum atomic E-state index is 8.75. The van der Waals surface area contributed by atoms with E-state index in [1.54, 1.807) is 11.8 Å². The highest BCUT2D eigenvalue weighted by Gasteiger charge is 2.37. The molecule has 1 aliphatic heterocycles. The molecule has 0 aromatic rings. The normalized spacial score (nSPS) is 27.8. The van der Waals surface area contributed by atoms with Crippen molar-refractivity contribution in [2.75, 3.05) is 0 Å². The summed E-state index contributed by atoms with van der Waals surface area (Å²) in [5.41, 5.74) is 0. The van der Waals surface area contributed by atoms with Crippen molar-refractivity contribution in [2.45, 2.75) is 38.5 Å². The lowest BCUT2D eigenvalue weighted by molar-refractivity contribution is 0.319. The minimum absolute atomic E-state index is 0.132. The van der Waals surface area contributed by atoms with Crippen LogP contribution in [0, 0.1) is 0 Å². The molecule has 0 aromatic heterocycles. The number of rotatable bonds is 1. The third-order valence-electron chi connectivity index (χ3n) is 1.50. The Morgan fingerprint density at radius 1 is 1.38 bits per heavy atom. The second-order valence-corrected chi connectivity index (χ2v) is 6.46. The van der Waals surface area contributed by atoms with Gasteiger partial charge in [0.15, 0.2) is 0 Å². The Bertz CT molecular complexity index is 259. The van der Waals surface area contributed by atoms with Crippen molar-refractivity contribution in [1.82, 2.24) is 0 Å². The quantitative estimate of drug-likeness (QED) is 0.543. The molecule has 1 N–H and O–H groups in total. The highest BCUT2D eigenvalue weighted by Crippen LogP contribution is 2.43. The van der Waals surface area contributed by atoms with E-state index in [0.29, 0.717) is 6.04 Å². The Labute approximate surface area is 87.1 Å². The van der Waals surface area contributed by atoms with Gasteiger partial charge in [-0.15, -0.1) is 0 Å². The SMILES string of the molecule is CC(C)/N=C1/S/C(=N\O)C(C)(C)S1. The molecule has 0 spiro atoms. The third-order valence-corrected chi connectivity index (χ3v) is 4.17. The van der Waals surface area contributed by atoms with E-state index in [9.17, 15) is 0 Å². The van der Waals surface area contributed by atoms with Crippen molar-refractivity contribution in [3.63, 3.8) is 0 Å². The number of aliphatic imine (C=N–C) groups is 1. The summed E-state index contributed by atoms with van der Waals surface area (Å²) in [6.45, 7) is 8.13. The average Bonchev–Trinajstić information content (AvgIpc) is 2.23. The van der Waals surface area contributed by atoms with Crippen LogP contribution in [0.4, 0.5) is 0 Å². The molecule has 0 amide bonds. The lowest BCUT2D eigenvalue weighted by atomic mass is 10.2. The van der Waals surface area contributed by atoms with Crippen molar-refractivity contribution in [1.29, 1.82) is 0 Å².